The van der Waals surface area contributed by atoms with Crippen molar-refractivity contribution in [1.82, 2.24) is 20.2 Å². The normalized spacial score (nSPS) is 19.6. The second-order valence-electron chi connectivity index (χ2n) is 6.77. The third-order valence-electron chi connectivity index (χ3n) is 4.90. The molecular weight excluding hydrogens is 340 g/mol. The van der Waals surface area contributed by atoms with Gasteiger partial charge in [-0.1, -0.05) is 36.4 Å². The van der Waals surface area contributed by atoms with Crippen LogP contribution in [-0.4, -0.2) is 20.0 Å². The molecule has 0 radical (unpaired) electrons. The molecule has 2 aromatic heterocycles. The van der Waals surface area contributed by atoms with Crippen molar-refractivity contribution >= 4 is 17.3 Å². The molecule has 2 N–H and O–H groups in total. The highest BCUT2D eigenvalue weighted by Gasteiger charge is 2.40. The second-order valence-corrected chi connectivity index (χ2v) is 7.16. The first-order chi connectivity index (χ1) is 12.6. The Morgan fingerprint density at radius 1 is 1.08 bits per heavy atom. The molecule has 5 heteroatoms. The van der Waals surface area contributed by atoms with Crippen molar-refractivity contribution in [1.29, 1.82) is 0 Å². The Morgan fingerprint density at radius 2 is 1.85 bits per heavy atom. The van der Waals surface area contributed by atoms with Crippen molar-refractivity contribution in [3.05, 3.63) is 89.0 Å². The van der Waals surface area contributed by atoms with Gasteiger partial charge in [0.15, 0.2) is 5.11 Å². The van der Waals surface area contributed by atoms with Gasteiger partial charge in [-0.15, -0.1) is 0 Å². The third kappa shape index (κ3) is 3.10. The van der Waals surface area contributed by atoms with Crippen LogP contribution in [0.3, 0.4) is 0 Å². The molecule has 0 bridgehead atoms. The highest BCUT2D eigenvalue weighted by molar-refractivity contribution is 7.80. The molecule has 0 unspecified atom stereocenters. The van der Waals surface area contributed by atoms with Gasteiger partial charge in [0.1, 0.15) is 0 Å². The van der Waals surface area contributed by atoms with Gasteiger partial charge in [-0.25, -0.2) is 0 Å². The summed E-state index contributed by atoms with van der Waals surface area (Å²) in [6, 6.07) is 18.8. The zero-order valence-corrected chi connectivity index (χ0v) is 15.8. The fraction of sp³-hybridized carbons (Fsp3) is 0.238. The maximum Gasteiger partial charge on any atom is 0.170 e. The molecular formula is C21H22N4S. The van der Waals surface area contributed by atoms with E-state index in [4.69, 9.17) is 12.2 Å². The predicted molar refractivity (Wildman–Crippen MR) is 108 cm³/mol. The lowest BCUT2D eigenvalue weighted by Gasteiger charge is -2.28. The molecule has 1 aliphatic heterocycles. The first-order valence-electron chi connectivity index (χ1n) is 8.81. The van der Waals surface area contributed by atoms with Crippen LogP contribution in [0.5, 0.6) is 0 Å². The minimum atomic E-state index is 0.0290. The van der Waals surface area contributed by atoms with E-state index in [1.807, 2.05) is 24.4 Å². The smallest absolute Gasteiger partial charge is 0.170 e. The van der Waals surface area contributed by atoms with Crippen LogP contribution in [0, 0.1) is 13.8 Å². The van der Waals surface area contributed by atoms with Crippen LogP contribution in [0.25, 0.3) is 0 Å². The number of nitrogens with zero attached hydrogens (tertiary/aromatic N) is 2. The number of hydrogen-bond acceptors (Lipinski definition) is 2. The second kappa shape index (κ2) is 6.92. The number of aryl methyl sites for hydroxylation is 2. The molecule has 26 heavy (non-hydrogen) atoms. The minimum Gasteiger partial charge on any atom is -0.362 e. The van der Waals surface area contributed by atoms with E-state index in [2.05, 4.69) is 70.4 Å². The molecule has 1 fully saturated rings. The molecule has 0 amide bonds. The molecule has 1 saturated heterocycles. The molecule has 3 aromatic rings. The Morgan fingerprint density at radius 3 is 2.50 bits per heavy atom. The van der Waals surface area contributed by atoms with Crippen LogP contribution >= 0.6 is 12.2 Å². The molecule has 3 heterocycles. The number of aromatic nitrogens is 2. The number of thiocarbonyl (C=S) groups is 1. The topological polar surface area (TPSA) is 44.0 Å². The van der Waals surface area contributed by atoms with Gasteiger partial charge in [0.05, 0.1) is 17.8 Å². The minimum absolute atomic E-state index is 0.0290. The van der Waals surface area contributed by atoms with E-state index in [0.717, 1.165) is 23.0 Å². The van der Waals surface area contributed by atoms with Crippen molar-refractivity contribution in [2.45, 2.75) is 32.5 Å². The molecule has 2 atom stereocenters. The Hall–Kier alpha value is -2.66. The maximum absolute atomic E-state index is 5.72. The Bertz CT molecular complexity index is 904. The first kappa shape index (κ1) is 16.8. The van der Waals surface area contributed by atoms with Crippen LogP contribution in [0.15, 0.2) is 60.8 Å². The predicted octanol–water partition coefficient (Wildman–Crippen LogP) is 4.20. The van der Waals surface area contributed by atoms with Crippen molar-refractivity contribution in [3.8, 4) is 0 Å². The number of aromatic amines is 1. The average molecular weight is 363 g/mol. The fourth-order valence-electron chi connectivity index (χ4n) is 3.75. The summed E-state index contributed by atoms with van der Waals surface area (Å²) in [5.41, 5.74) is 5.86. The number of nitrogens with one attached hydrogen (secondary N) is 2. The molecule has 0 saturated carbocycles. The lowest BCUT2D eigenvalue weighted by molar-refractivity contribution is 0.310. The van der Waals surface area contributed by atoms with Crippen LogP contribution in [0.4, 0.5) is 0 Å². The molecule has 1 aromatic carbocycles. The largest absolute Gasteiger partial charge is 0.362 e. The van der Waals surface area contributed by atoms with E-state index in [-0.39, 0.29) is 12.1 Å². The van der Waals surface area contributed by atoms with Crippen molar-refractivity contribution in [3.63, 3.8) is 0 Å². The zero-order valence-electron chi connectivity index (χ0n) is 14.9. The summed E-state index contributed by atoms with van der Waals surface area (Å²) < 4.78 is 0. The van der Waals surface area contributed by atoms with Gasteiger partial charge in [0.2, 0.25) is 0 Å². The fourth-order valence-corrected chi connectivity index (χ4v) is 4.05. The maximum atomic E-state index is 5.72. The van der Waals surface area contributed by atoms with Gasteiger partial charge >= 0.3 is 0 Å². The third-order valence-corrected chi connectivity index (χ3v) is 5.25. The summed E-state index contributed by atoms with van der Waals surface area (Å²) in [5.74, 6) is 0. The summed E-state index contributed by atoms with van der Waals surface area (Å²) in [7, 11) is 0. The van der Waals surface area contributed by atoms with Crippen LogP contribution in [-0.2, 0) is 6.54 Å². The summed E-state index contributed by atoms with van der Waals surface area (Å²) >= 11 is 5.72. The number of H-pyrrole nitrogens is 1. The van der Waals surface area contributed by atoms with Gasteiger partial charge in [-0.05, 0) is 55.4 Å². The molecule has 4 nitrogen and oxygen atoms in total. The molecule has 132 valence electrons. The number of pyridine rings is 1. The number of hydrogen-bond donors (Lipinski definition) is 2. The SMILES string of the molecule is Cc1cc([C@H]2[C@H](c3ccccn3)NC(=S)N2Cc2ccccc2)c(C)[nH]1. The van der Waals surface area contributed by atoms with E-state index in [1.54, 1.807) is 0 Å². The molecule has 1 aliphatic rings. The Kier molecular flexibility index (Phi) is 4.47. The lowest BCUT2D eigenvalue weighted by atomic mass is 9.96. The van der Waals surface area contributed by atoms with E-state index < -0.39 is 0 Å². The highest BCUT2D eigenvalue weighted by Crippen LogP contribution is 2.40. The quantitative estimate of drug-likeness (QED) is 0.683. The Labute approximate surface area is 159 Å². The molecule has 0 spiro atoms. The monoisotopic (exact) mass is 362 g/mol. The van der Waals surface area contributed by atoms with Crippen LogP contribution < -0.4 is 5.32 Å². The van der Waals surface area contributed by atoms with E-state index in [9.17, 15) is 0 Å². The van der Waals surface area contributed by atoms with Crippen LogP contribution in [0.1, 0.15) is 40.3 Å². The molecule has 0 aliphatic carbocycles. The highest BCUT2D eigenvalue weighted by atomic mass is 32.1. The Balaban J connectivity index is 1.76. The standard InChI is InChI=1S/C21H22N4S/c1-14-12-17(15(2)23-14)20-19(18-10-6-7-11-22-18)24-21(26)25(20)13-16-8-4-3-5-9-16/h3-12,19-20,23H,13H2,1-2H3,(H,24,26)/t19-,20-/m0/s1. The van der Waals surface area contributed by atoms with E-state index in [0.29, 0.717) is 0 Å². The molecule has 4 rings (SSSR count). The van der Waals surface area contributed by atoms with E-state index >= 15 is 0 Å². The number of benzene rings is 1. The van der Waals surface area contributed by atoms with Crippen molar-refractivity contribution in [2.75, 3.05) is 0 Å². The summed E-state index contributed by atoms with van der Waals surface area (Å²) in [6.07, 6.45) is 1.84. The van der Waals surface area contributed by atoms with Gasteiger partial charge in [0, 0.05) is 24.1 Å². The van der Waals surface area contributed by atoms with Gasteiger partial charge in [-0.2, -0.15) is 0 Å². The van der Waals surface area contributed by atoms with Crippen molar-refractivity contribution in [2.24, 2.45) is 0 Å². The summed E-state index contributed by atoms with van der Waals surface area (Å²) in [4.78, 5) is 10.3. The van der Waals surface area contributed by atoms with Gasteiger partial charge < -0.3 is 15.2 Å². The lowest BCUT2D eigenvalue weighted by Crippen LogP contribution is -2.29. The average Bonchev–Trinajstić information content (AvgIpc) is 3.15. The van der Waals surface area contributed by atoms with Gasteiger partial charge in [0.25, 0.3) is 0 Å². The first-order valence-corrected chi connectivity index (χ1v) is 9.22. The summed E-state index contributed by atoms with van der Waals surface area (Å²) in [5, 5.41) is 4.28. The van der Waals surface area contributed by atoms with E-state index in [1.165, 1.54) is 16.8 Å². The summed E-state index contributed by atoms with van der Waals surface area (Å²) in [6.45, 7) is 4.98. The number of rotatable bonds is 4. The van der Waals surface area contributed by atoms with Crippen LogP contribution in [0.2, 0.25) is 0 Å². The van der Waals surface area contributed by atoms with Crippen molar-refractivity contribution < 1.29 is 0 Å². The van der Waals surface area contributed by atoms with Gasteiger partial charge in [-0.3, -0.25) is 4.98 Å². The zero-order chi connectivity index (χ0) is 18.1.